The summed E-state index contributed by atoms with van der Waals surface area (Å²) in [7, 11) is -4.23. The number of halogens is 2. The number of amides is 1. The number of carbonyl (C=O) groups is 1. The minimum Gasteiger partial charge on any atom is -0.478 e. The van der Waals surface area contributed by atoms with E-state index >= 15 is 0 Å². The van der Waals surface area contributed by atoms with Crippen molar-refractivity contribution < 1.29 is 26.7 Å². The summed E-state index contributed by atoms with van der Waals surface area (Å²) in [4.78, 5) is 10.7. The van der Waals surface area contributed by atoms with E-state index in [-0.39, 0.29) is 5.92 Å². The fourth-order valence-corrected chi connectivity index (χ4v) is 1.88. The fraction of sp³-hybridized carbons (Fsp3) is 0.417. The highest BCUT2D eigenvalue weighted by Crippen LogP contribution is 2.24. The monoisotopic (exact) mass is 322 g/mol. The van der Waals surface area contributed by atoms with Gasteiger partial charge in [0, 0.05) is 6.54 Å². The molecule has 1 aromatic carbocycles. The Kier molecular flexibility index (Phi) is 5.62. The van der Waals surface area contributed by atoms with Gasteiger partial charge in [-0.25, -0.2) is 22.3 Å². The lowest BCUT2D eigenvalue weighted by Gasteiger charge is -2.11. The fourth-order valence-electron chi connectivity index (χ4n) is 1.35. The number of nitrogens with two attached hydrogens (primary N) is 1. The van der Waals surface area contributed by atoms with Crippen molar-refractivity contribution in [3.8, 4) is 5.75 Å². The molecule has 0 radical (unpaired) electrons. The third-order valence-corrected chi connectivity index (χ3v) is 3.25. The van der Waals surface area contributed by atoms with Crippen LogP contribution < -0.4 is 15.2 Å². The lowest BCUT2D eigenvalue weighted by molar-refractivity contribution is -0.123. The molecule has 0 spiro atoms. The Morgan fingerprint density at radius 2 is 1.86 bits per heavy atom. The van der Waals surface area contributed by atoms with Crippen LogP contribution >= 0.6 is 0 Å². The number of hydrogen-bond acceptors (Lipinski definition) is 4. The number of benzene rings is 1. The second kappa shape index (κ2) is 6.81. The molecule has 0 bridgehead atoms. The number of primary sulfonamides is 1. The van der Waals surface area contributed by atoms with Crippen molar-refractivity contribution in [1.82, 2.24) is 5.32 Å². The van der Waals surface area contributed by atoms with Gasteiger partial charge in [-0.1, -0.05) is 13.8 Å². The SMILES string of the molecule is CC(C)CNC(=O)COc1c(F)cc(S(N)(=O)=O)cc1F. The molecule has 0 aliphatic carbocycles. The van der Waals surface area contributed by atoms with E-state index in [0.29, 0.717) is 18.7 Å². The van der Waals surface area contributed by atoms with Crippen LogP contribution in [0.15, 0.2) is 17.0 Å². The highest BCUT2D eigenvalue weighted by atomic mass is 32.2. The minimum absolute atomic E-state index is 0.219. The Bertz CT molecular complexity index is 609. The quantitative estimate of drug-likeness (QED) is 0.808. The third-order valence-electron chi connectivity index (χ3n) is 2.36. The second-order valence-electron chi connectivity index (χ2n) is 4.75. The Morgan fingerprint density at radius 3 is 2.29 bits per heavy atom. The summed E-state index contributed by atoms with van der Waals surface area (Å²) < 4.78 is 53.9. The van der Waals surface area contributed by atoms with E-state index in [2.05, 4.69) is 5.32 Å². The first-order valence-electron chi connectivity index (χ1n) is 6.02. The standard InChI is InChI=1S/C12H16F2N2O4S/c1-7(2)5-16-11(17)6-20-12-9(13)3-8(4-10(12)14)21(15,18)19/h3-4,7H,5-6H2,1-2H3,(H,16,17)(H2,15,18,19). The number of carbonyl (C=O) groups excluding carboxylic acids is 1. The van der Waals surface area contributed by atoms with E-state index in [1.54, 1.807) is 0 Å². The summed E-state index contributed by atoms with van der Waals surface area (Å²) in [5, 5.41) is 7.27. The van der Waals surface area contributed by atoms with Crippen molar-refractivity contribution in [3.63, 3.8) is 0 Å². The van der Waals surface area contributed by atoms with Gasteiger partial charge in [0.2, 0.25) is 10.0 Å². The van der Waals surface area contributed by atoms with Gasteiger partial charge < -0.3 is 10.1 Å². The Balaban J connectivity index is 2.79. The molecule has 0 heterocycles. The van der Waals surface area contributed by atoms with Crippen LogP contribution in [0.2, 0.25) is 0 Å². The van der Waals surface area contributed by atoms with Crippen LogP contribution in [0, 0.1) is 17.6 Å². The topological polar surface area (TPSA) is 98.5 Å². The molecular weight excluding hydrogens is 306 g/mol. The maximum atomic E-state index is 13.6. The van der Waals surface area contributed by atoms with Gasteiger partial charge in [-0.15, -0.1) is 0 Å². The van der Waals surface area contributed by atoms with Gasteiger partial charge in [0.05, 0.1) is 4.90 Å². The smallest absolute Gasteiger partial charge is 0.257 e. The van der Waals surface area contributed by atoms with Crippen LogP contribution in [0.1, 0.15) is 13.8 Å². The van der Waals surface area contributed by atoms with Crippen LogP contribution in [-0.4, -0.2) is 27.5 Å². The van der Waals surface area contributed by atoms with Crippen molar-refractivity contribution in [1.29, 1.82) is 0 Å². The predicted molar refractivity (Wildman–Crippen MR) is 71.1 cm³/mol. The molecule has 1 rings (SSSR count). The molecular formula is C12H16F2N2O4S. The number of hydrogen-bond donors (Lipinski definition) is 2. The summed E-state index contributed by atoms with van der Waals surface area (Å²) in [6.45, 7) is 3.58. The van der Waals surface area contributed by atoms with E-state index in [1.807, 2.05) is 13.8 Å². The van der Waals surface area contributed by atoms with Gasteiger partial charge in [-0.3, -0.25) is 4.79 Å². The van der Waals surface area contributed by atoms with Crippen molar-refractivity contribution in [2.24, 2.45) is 11.1 Å². The van der Waals surface area contributed by atoms with Gasteiger partial charge in [-0.05, 0) is 18.1 Å². The Hall–Kier alpha value is -1.74. The number of ether oxygens (including phenoxy) is 1. The van der Waals surface area contributed by atoms with Crippen molar-refractivity contribution in [3.05, 3.63) is 23.8 Å². The first-order valence-corrected chi connectivity index (χ1v) is 7.57. The first kappa shape index (κ1) is 17.3. The van der Waals surface area contributed by atoms with Crippen LogP contribution in [0.3, 0.4) is 0 Å². The van der Waals surface area contributed by atoms with Crippen LogP contribution in [0.25, 0.3) is 0 Å². The molecule has 0 unspecified atom stereocenters. The van der Waals surface area contributed by atoms with Gasteiger partial charge in [0.25, 0.3) is 5.91 Å². The van der Waals surface area contributed by atoms with Crippen LogP contribution in [0.4, 0.5) is 8.78 Å². The first-order chi connectivity index (χ1) is 9.61. The van der Waals surface area contributed by atoms with E-state index in [0.717, 1.165) is 0 Å². The van der Waals surface area contributed by atoms with E-state index in [1.165, 1.54) is 0 Å². The number of nitrogens with one attached hydrogen (secondary N) is 1. The molecule has 21 heavy (non-hydrogen) atoms. The normalized spacial score (nSPS) is 11.5. The zero-order valence-electron chi connectivity index (χ0n) is 11.5. The summed E-state index contributed by atoms with van der Waals surface area (Å²) in [5.41, 5.74) is 0. The largest absolute Gasteiger partial charge is 0.478 e. The van der Waals surface area contributed by atoms with Gasteiger partial charge in [0.1, 0.15) is 0 Å². The molecule has 0 saturated carbocycles. The maximum absolute atomic E-state index is 13.6. The molecule has 1 aromatic rings. The highest BCUT2D eigenvalue weighted by molar-refractivity contribution is 7.89. The van der Waals surface area contributed by atoms with Crippen molar-refractivity contribution in [2.75, 3.05) is 13.2 Å². The lowest BCUT2D eigenvalue weighted by atomic mass is 10.2. The number of rotatable bonds is 6. The van der Waals surface area contributed by atoms with E-state index < -0.39 is 44.8 Å². The molecule has 0 aliphatic heterocycles. The summed E-state index contributed by atoms with van der Waals surface area (Å²) in [6, 6.07) is 1.06. The van der Waals surface area contributed by atoms with Crippen LogP contribution in [0.5, 0.6) is 5.75 Å². The molecule has 9 heteroatoms. The Labute approximate surface area is 121 Å². The zero-order valence-corrected chi connectivity index (χ0v) is 12.3. The lowest BCUT2D eigenvalue weighted by Crippen LogP contribution is -2.32. The summed E-state index contributed by atoms with van der Waals surface area (Å²) in [6.07, 6.45) is 0. The molecule has 0 aromatic heterocycles. The predicted octanol–water partition coefficient (Wildman–Crippen LogP) is 0.763. The molecule has 0 fully saturated rings. The molecule has 0 saturated heterocycles. The average molecular weight is 322 g/mol. The second-order valence-corrected chi connectivity index (χ2v) is 6.31. The highest BCUT2D eigenvalue weighted by Gasteiger charge is 2.18. The molecule has 1 amide bonds. The Morgan fingerprint density at radius 1 is 1.33 bits per heavy atom. The third kappa shape index (κ3) is 5.27. The maximum Gasteiger partial charge on any atom is 0.257 e. The van der Waals surface area contributed by atoms with Gasteiger partial charge in [-0.2, -0.15) is 0 Å². The number of sulfonamides is 1. The summed E-state index contributed by atoms with van der Waals surface area (Å²) in [5.74, 6) is -3.66. The van der Waals surface area contributed by atoms with E-state index in [9.17, 15) is 22.0 Å². The van der Waals surface area contributed by atoms with Crippen molar-refractivity contribution in [2.45, 2.75) is 18.7 Å². The van der Waals surface area contributed by atoms with E-state index in [4.69, 9.17) is 9.88 Å². The van der Waals surface area contributed by atoms with Crippen LogP contribution in [-0.2, 0) is 14.8 Å². The van der Waals surface area contributed by atoms with Crippen molar-refractivity contribution >= 4 is 15.9 Å². The molecule has 6 nitrogen and oxygen atoms in total. The van der Waals surface area contributed by atoms with Gasteiger partial charge >= 0.3 is 0 Å². The minimum atomic E-state index is -4.23. The molecule has 0 atom stereocenters. The average Bonchev–Trinajstić information content (AvgIpc) is 2.33. The zero-order chi connectivity index (χ0) is 16.2. The summed E-state index contributed by atoms with van der Waals surface area (Å²) >= 11 is 0. The van der Waals surface area contributed by atoms with Gasteiger partial charge in [0.15, 0.2) is 24.0 Å². The molecule has 3 N–H and O–H groups in total. The molecule has 0 aliphatic rings. The molecule has 118 valence electrons.